The Kier molecular flexibility index (Phi) is 5.63. The highest BCUT2D eigenvalue weighted by atomic mass is 35.5. The summed E-state index contributed by atoms with van der Waals surface area (Å²) in [5.74, 6) is -0.536. The predicted octanol–water partition coefficient (Wildman–Crippen LogP) is 4.24. The molecule has 0 spiro atoms. The molecule has 1 fully saturated rings. The lowest BCUT2D eigenvalue weighted by Crippen LogP contribution is -2.28. The molecule has 1 aliphatic heterocycles. The molecule has 0 aromatic heterocycles. The Balaban J connectivity index is 1.62. The van der Waals surface area contributed by atoms with Crippen LogP contribution in [0.3, 0.4) is 0 Å². The first-order valence-corrected chi connectivity index (χ1v) is 9.00. The van der Waals surface area contributed by atoms with Gasteiger partial charge in [0.2, 0.25) is 11.8 Å². The third kappa shape index (κ3) is 4.98. The molecule has 25 heavy (non-hydrogen) atoms. The minimum atomic E-state index is -0.530. The van der Waals surface area contributed by atoms with Crippen molar-refractivity contribution in [2.24, 2.45) is 4.99 Å². The average molecular weight is 394 g/mol. The number of carbonyl (C=O) groups is 2. The van der Waals surface area contributed by atoms with Crippen LogP contribution in [0.1, 0.15) is 6.42 Å². The smallest absolute Gasteiger partial charge is 0.240 e. The van der Waals surface area contributed by atoms with Crippen molar-refractivity contribution < 1.29 is 9.59 Å². The largest absolute Gasteiger partial charge is 0.326 e. The van der Waals surface area contributed by atoms with Gasteiger partial charge in [0.05, 0.1) is 5.69 Å². The zero-order chi connectivity index (χ0) is 17.8. The van der Waals surface area contributed by atoms with Crippen LogP contribution in [0.4, 0.5) is 11.4 Å². The van der Waals surface area contributed by atoms with Crippen molar-refractivity contribution in [3.8, 4) is 0 Å². The van der Waals surface area contributed by atoms with E-state index in [1.807, 2.05) is 30.3 Å². The van der Waals surface area contributed by atoms with Gasteiger partial charge in [0.1, 0.15) is 5.25 Å². The van der Waals surface area contributed by atoms with Crippen LogP contribution in [0.5, 0.6) is 0 Å². The first-order chi connectivity index (χ1) is 12.0. The van der Waals surface area contributed by atoms with Crippen LogP contribution in [0.25, 0.3) is 0 Å². The van der Waals surface area contributed by atoms with Gasteiger partial charge in [0, 0.05) is 22.2 Å². The number of halogens is 2. The van der Waals surface area contributed by atoms with Crippen molar-refractivity contribution in [2.75, 3.05) is 5.32 Å². The minimum absolute atomic E-state index is 0.0223. The van der Waals surface area contributed by atoms with E-state index in [2.05, 4.69) is 15.6 Å². The van der Waals surface area contributed by atoms with Gasteiger partial charge in [-0.25, -0.2) is 4.99 Å². The summed E-state index contributed by atoms with van der Waals surface area (Å²) in [6, 6.07) is 14.0. The Morgan fingerprint density at radius 2 is 1.84 bits per heavy atom. The maximum atomic E-state index is 12.2. The van der Waals surface area contributed by atoms with Crippen molar-refractivity contribution >= 4 is 63.3 Å². The monoisotopic (exact) mass is 393 g/mol. The van der Waals surface area contributed by atoms with Crippen molar-refractivity contribution in [1.82, 2.24) is 5.32 Å². The number of nitrogens with zero attached hydrogens (tertiary/aromatic N) is 1. The Morgan fingerprint density at radius 3 is 2.52 bits per heavy atom. The van der Waals surface area contributed by atoms with Crippen molar-refractivity contribution in [3.63, 3.8) is 0 Å². The third-order valence-electron chi connectivity index (χ3n) is 3.28. The van der Waals surface area contributed by atoms with Crippen molar-refractivity contribution in [2.45, 2.75) is 11.7 Å². The molecule has 0 radical (unpaired) electrons. The normalized spacial score (nSPS) is 18.2. The fraction of sp³-hybridized carbons (Fsp3) is 0.118. The van der Waals surface area contributed by atoms with E-state index in [-0.39, 0.29) is 18.2 Å². The molecular formula is C17H13Cl2N3O2S. The van der Waals surface area contributed by atoms with E-state index in [1.165, 1.54) is 11.8 Å². The van der Waals surface area contributed by atoms with Gasteiger partial charge in [-0.3, -0.25) is 9.59 Å². The number of hydrogen-bond acceptors (Lipinski definition) is 4. The highest BCUT2D eigenvalue weighted by Crippen LogP contribution is 2.26. The van der Waals surface area contributed by atoms with Gasteiger partial charge >= 0.3 is 0 Å². The fourth-order valence-electron chi connectivity index (χ4n) is 2.22. The first kappa shape index (κ1) is 17.8. The van der Waals surface area contributed by atoms with E-state index in [0.29, 0.717) is 20.9 Å². The van der Waals surface area contributed by atoms with Gasteiger partial charge in [0.15, 0.2) is 5.17 Å². The lowest BCUT2D eigenvalue weighted by atomic mass is 10.2. The molecule has 8 heteroatoms. The van der Waals surface area contributed by atoms with E-state index in [1.54, 1.807) is 18.2 Å². The number of carbonyl (C=O) groups excluding carboxylic acids is 2. The zero-order valence-corrected chi connectivity index (χ0v) is 15.2. The number of amidine groups is 1. The number of amides is 2. The minimum Gasteiger partial charge on any atom is -0.326 e. The van der Waals surface area contributed by atoms with Gasteiger partial charge in [-0.05, 0) is 30.3 Å². The van der Waals surface area contributed by atoms with E-state index in [9.17, 15) is 9.59 Å². The van der Waals surface area contributed by atoms with Gasteiger partial charge < -0.3 is 10.6 Å². The number of hydrogen-bond donors (Lipinski definition) is 2. The summed E-state index contributed by atoms with van der Waals surface area (Å²) in [6.45, 7) is 0. The van der Waals surface area contributed by atoms with Crippen LogP contribution in [-0.2, 0) is 9.59 Å². The second kappa shape index (κ2) is 7.91. The average Bonchev–Trinajstić information content (AvgIpc) is 2.86. The number of anilines is 1. The molecule has 2 amide bonds. The van der Waals surface area contributed by atoms with Gasteiger partial charge in [-0.1, -0.05) is 53.2 Å². The van der Waals surface area contributed by atoms with Crippen molar-refractivity contribution in [3.05, 3.63) is 58.6 Å². The molecule has 1 atom stereocenters. The second-order valence-corrected chi connectivity index (χ2v) is 7.32. The maximum absolute atomic E-state index is 12.2. The summed E-state index contributed by atoms with van der Waals surface area (Å²) < 4.78 is 0. The van der Waals surface area contributed by atoms with E-state index in [4.69, 9.17) is 23.2 Å². The van der Waals surface area contributed by atoms with Gasteiger partial charge in [-0.2, -0.15) is 0 Å². The summed E-state index contributed by atoms with van der Waals surface area (Å²) in [6.07, 6.45) is 0.0223. The Hall–Kier alpha value is -2.02. The van der Waals surface area contributed by atoms with Crippen molar-refractivity contribution in [1.29, 1.82) is 0 Å². The standard InChI is InChI=1S/C17H13Cl2N3O2S/c18-10-6-11(19)8-13(7-10)20-15(23)9-14-16(24)22-17(25-14)21-12-4-2-1-3-5-12/h1-8,14H,9H2,(H,20,23)(H,21,22,24). The zero-order valence-electron chi connectivity index (χ0n) is 12.8. The highest BCUT2D eigenvalue weighted by Gasteiger charge is 2.32. The van der Waals surface area contributed by atoms with Crippen LogP contribution in [0, 0.1) is 0 Å². The number of benzene rings is 2. The number of aliphatic imine (C=N–C) groups is 1. The number of nitrogens with one attached hydrogen (secondary N) is 2. The summed E-state index contributed by atoms with van der Waals surface area (Å²) in [5.41, 5.74) is 1.23. The molecule has 1 saturated heterocycles. The molecule has 3 rings (SSSR count). The van der Waals surface area contributed by atoms with Crippen LogP contribution in [0.15, 0.2) is 53.5 Å². The summed E-state index contributed by atoms with van der Waals surface area (Å²) in [5, 5.41) is 6.19. The number of thioether (sulfide) groups is 1. The molecule has 1 aliphatic rings. The molecule has 2 aromatic carbocycles. The van der Waals surface area contributed by atoms with E-state index in [0.717, 1.165) is 5.69 Å². The third-order valence-corrected chi connectivity index (χ3v) is 4.80. The van der Waals surface area contributed by atoms with Crippen LogP contribution in [0.2, 0.25) is 10.0 Å². The molecular weight excluding hydrogens is 381 g/mol. The Bertz CT molecular complexity index is 823. The number of rotatable bonds is 4. The quantitative estimate of drug-likeness (QED) is 0.815. The van der Waals surface area contributed by atoms with Crippen LogP contribution in [-0.4, -0.2) is 22.2 Å². The summed E-state index contributed by atoms with van der Waals surface area (Å²) in [7, 11) is 0. The van der Waals surface area contributed by atoms with Crippen LogP contribution >= 0.6 is 35.0 Å². The SMILES string of the molecule is O=C(CC1SC(=Nc2ccccc2)NC1=O)Nc1cc(Cl)cc(Cl)c1. The molecule has 0 saturated carbocycles. The molecule has 5 nitrogen and oxygen atoms in total. The first-order valence-electron chi connectivity index (χ1n) is 7.37. The molecule has 0 bridgehead atoms. The lowest BCUT2D eigenvalue weighted by molar-refractivity contribution is -0.122. The fourth-order valence-corrected chi connectivity index (χ4v) is 3.73. The highest BCUT2D eigenvalue weighted by molar-refractivity contribution is 8.15. The van der Waals surface area contributed by atoms with E-state index >= 15 is 0 Å². The molecule has 1 heterocycles. The summed E-state index contributed by atoms with van der Waals surface area (Å²) >= 11 is 13.0. The topological polar surface area (TPSA) is 70.6 Å². The predicted molar refractivity (Wildman–Crippen MR) is 103 cm³/mol. The lowest BCUT2D eigenvalue weighted by Gasteiger charge is -2.08. The summed E-state index contributed by atoms with van der Waals surface area (Å²) in [4.78, 5) is 28.6. The number of para-hydroxylation sites is 1. The Labute approximate surface area is 158 Å². The van der Waals surface area contributed by atoms with Gasteiger partial charge in [-0.15, -0.1) is 0 Å². The van der Waals surface area contributed by atoms with Gasteiger partial charge in [0.25, 0.3) is 0 Å². The van der Waals surface area contributed by atoms with Crippen LogP contribution < -0.4 is 10.6 Å². The molecule has 2 aromatic rings. The second-order valence-electron chi connectivity index (χ2n) is 5.26. The Morgan fingerprint density at radius 1 is 1.16 bits per heavy atom. The maximum Gasteiger partial charge on any atom is 0.240 e. The molecule has 2 N–H and O–H groups in total. The van der Waals surface area contributed by atoms with E-state index < -0.39 is 5.25 Å². The molecule has 0 aliphatic carbocycles. The molecule has 128 valence electrons. The molecule has 1 unspecified atom stereocenters.